The third kappa shape index (κ3) is 1.65. The summed E-state index contributed by atoms with van der Waals surface area (Å²) in [6, 6.07) is 1.94. The number of nitrogens with zero attached hydrogens (tertiary/aromatic N) is 1. The summed E-state index contributed by atoms with van der Waals surface area (Å²) < 4.78 is 5.41. The van der Waals surface area contributed by atoms with E-state index in [0.29, 0.717) is 17.4 Å². The van der Waals surface area contributed by atoms with Gasteiger partial charge in [-0.05, 0) is 24.5 Å². The fourth-order valence-electron chi connectivity index (χ4n) is 1.85. The summed E-state index contributed by atoms with van der Waals surface area (Å²) in [6.45, 7) is 1.60. The summed E-state index contributed by atoms with van der Waals surface area (Å²) in [7, 11) is 0. The van der Waals surface area contributed by atoms with Crippen molar-refractivity contribution in [3.8, 4) is 0 Å². The van der Waals surface area contributed by atoms with Gasteiger partial charge in [0.25, 0.3) is 0 Å². The molecule has 0 saturated carbocycles. The fraction of sp³-hybridized carbons (Fsp3) is 0.500. The van der Waals surface area contributed by atoms with E-state index in [1.54, 1.807) is 6.20 Å². The molecule has 0 amide bonds. The highest BCUT2D eigenvalue weighted by Gasteiger charge is 2.19. The molecule has 14 heavy (non-hydrogen) atoms. The van der Waals surface area contributed by atoms with Crippen LogP contribution in [0.3, 0.4) is 0 Å². The van der Waals surface area contributed by atoms with E-state index in [1.807, 2.05) is 6.07 Å². The zero-order chi connectivity index (χ0) is 9.97. The average Bonchev–Trinajstić information content (AvgIpc) is 2.23. The lowest BCUT2D eigenvalue weighted by Gasteiger charge is -2.23. The first-order chi connectivity index (χ1) is 6.79. The Hall–Kier alpha value is -1.29. The number of anilines is 2. The van der Waals surface area contributed by atoms with E-state index in [-0.39, 0.29) is 0 Å². The van der Waals surface area contributed by atoms with Gasteiger partial charge in [0, 0.05) is 18.7 Å². The molecule has 2 rings (SSSR count). The molecule has 1 aromatic heterocycles. The molecule has 1 aromatic rings. The minimum absolute atomic E-state index is 0.383. The number of hydrogen-bond donors (Lipinski definition) is 2. The van der Waals surface area contributed by atoms with Gasteiger partial charge in [0.1, 0.15) is 5.82 Å². The smallest absolute Gasteiger partial charge is 0.146 e. The van der Waals surface area contributed by atoms with Crippen LogP contribution in [0.4, 0.5) is 11.5 Å². The van der Waals surface area contributed by atoms with E-state index in [9.17, 15) is 0 Å². The van der Waals surface area contributed by atoms with Gasteiger partial charge < -0.3 is 16.2 Å². The molecule has 1 aliphatic rings. The SMILES string of the molecule is Nc1nccc(C2CCCOC2)c1N. The number of rotatable bonds is 1. The standard InChI is InChI=1S/C10H15N3O/c11-9-8(3-4-13-10(9)12)7-2-1-5-14-6-7/h3-4,7H,1-2,5-6,11H2,(H2,12,13). The van der Waals surface area contributed by atoms with Crippen LogP contribution in [-0.2, 0) is 4.74 Å². The van der Waals surface area contributed by atoms with E-state index in [0.717, 1.165) is 31.6 Å². The Morgan fingerprint density at radius 1 is 1.43 bits per heavy atom. The lowest BCUT2D eigenvalue weighted by atomic mass is 9.93. The largest absolute Gasteiger partial charge is 0.396 e. The van der Waals surface area contributed by atoms with Gasteiger partial charge in [0.05, 0.1) is 12.3 Å². The minimum atomic E-state index is 0.383. The van der Waals surface area contributed by atoms with Gasteiger partial charge in [-0.3, -0.25) is 0 Å². The second-order valence-corrected chi connectivity index (χ2v) is 3.61. The van der Waals surface area contributed by atoms with Crippen molar-refractivity contribution >= 4 is 11.5 Å². The molecule has 76 valence electrons. The van der Waals surface area contributed by atoms with Crippen molar-refractivity contribution in [3.63, 3.8) is 0 Å². The van der Waals surface area contributed by atoms with Crippen LogP contribution < -0.4 is 11.5 Å². The van der Waals surface area contributed by atoms with Crippen molar-refractivity contribution in [1.82, 2.24) is 4.98 Å². The van der Waals surface area contributed by atoms with Gasteiger partial charge in [0.15, 0.2) is 0 Å². The third-order valence-electron chi connectivity index (χ3n) is 2.65. The molecule has 4 N–H and O–H groups in total. The first-order valence-corrected chi connectivity index (χ1v) is 4.86. The summed E-state index contributed by atoms with van der Waals surface area (Å²) in [5.41, 5.74) is 13.2. The topological polar surface area (TPSA) is 74.2 Å². The predicted molar refractivity (Wildman–Crippen MR) is 55.9 cm³/mol. The lowest BCUT2D eigenvalue weighted by Crippen LogP contribution is -2.17. The van der Waals surface area contributed by atoms with Crippen LogP contribution >= 0.6 is 0 Å². The molecule has 0 aromatic carbocycles. The number of nitrogen functional groups attached to an aromatic ring is 2. The Morgan fingerprint density at radius 2 is 2.29 bits per heavy atom. The Labute approximate surface area is 83.3 Å². The molecule has 1 fully saturated rings. The van der Waals surface area contributed by atoms with Crippen LogP contribution in [0.5, 0.6) is 0 Å². The maximum absolute atomic E-state index is 5.87. The van der Waals surface area contributed by atoms with Crippen molar-refractivity contribution in [2.45, 2.75) is 18.8 Å². The Balaban J connectivity index is 2.26. The van der Waals surface area contributed by atoms with Gasteiger partial charge in [-0.1, -0.05) is 0 Å². The van der Waals surface area contributed by atoms with Gasteiger partial charge in [-0.2, -0.15) is 0 Å². The summed E-state index contributed by atoms with van der Waals surface area (Å²) in [6.07, 6.45) is 3.91. The molecule has 1 unspecified atom stereocenters. The summed E-state index contributed by atoms with van der Waals surface area (Å²) in [5.74, 6) is 0.808. The van der Waals surface area contributed by atoms with Gasteiger partial charge in [-0.25, -0.2) is 4.98 Å². The number of ether oxygens (including phenoxy) is 1. The highest BCUT2D eigenvalue weighted by Crippen LogP contribution is 2.31. The Bertz CT molecular complexity index is 321. The van der Waals surface area contributed by atoms with Crippen LogP contribution in [0.15, 0.2) is 12.3 Å². The maximum atomic E-state index is 5.87. The zero-order valence-electron chi connectivity index (χ0n) is 8.07. The van der Waals surface area contributed by atoms with E-state index in [2.05, 4.69) is 4.98 Å². The number of aromatic nitrogens is 1. The maximum Gasteiger partial charge on any atom is 0.146 e. The molecule has 1 atom stereocenters. The highest BCUT2D eigenvalue weighted by molar-refractivity contribution is 5.63. The normalized spacial score (nSPS) is 22.1. The minimum Gasteiger partial charge on any atom is -0.396 e. The molecule has 0 aliphatic carbocycles. The highest BCUT2D eigenvalue weighted by atomic mass is 16.5. The number of hydrogen-bond acceptors (Lipinski definition) is 4. The van der Waals surface area contributed by atoms with Crippen molar-refractivity contribution in [2.24, 2.45) is 0 Å². The molecule has 0 radical (unpaired) electrons. The van der Waals surface area contributed by atoms with Crippen LogP contribution in [0.25, 0.3) is 0 Å². The molecule has 1 saturated heterocycles. The van der Waals surface area contributed by atoms with Crippen molar-refractivity contribution in [1.29, 1.82) is 0 Å². The van der Waals surface area contributed by atoms with E-state index in [4.69, 9.17) is 16.2 Å². The molecule has 4 heteroatoms. The molecule has 4 nitrogen and oxygen atoms in total. The van der Waals surface area contributed by atoms with Crippen LogP contribution in [0.2, 0.25) is 0 Å². The van der Waals surface area contributed by atoms with Crippen molar-refractivity contribution in [3.05, 3.63) is 17.8 Å². The van der Waals surface area contributed by atoms with Crippen LogP contribution in [-0.4, -0.2) is 18.2 Å². The zero-order valence-corrected chi connectivity index (χ0v) is 8.07. The first-order valence-electron chi connectivity index (χ1n) is 4.86. The number of pyridine rings is 1. The summed E-state index contributed by atoms with van der Waals surface area (Å²) in [5, 5.41) is 0. The molecule has 2 heterocycles. The molecular formula is C10H15N3O. The summed E-state index contributed by atoms with van der Waals surface area (Å²) in [4.78, 5) is 3.95. The van der Waals surface area contributed by atoms with E-state index >= 15 is 0 Å². The summed E-state index contributed by atoms with van der Waals surface area (Å²) >= 11 is 0. The van der Waals surface area contributed by atoms with E-state index in [1.165, 1.54) is 0 Å². The Morgan fingerprint density at radius 3 is 3.00 bits per heavy atom. The van der Waals surface area contributed by atoms with Gasteiger partial charge in [0.2, 0.25) is 0 Å². The monoisotopic (exact) mass is 193 g/mol. The quantitative estimate of drug-likeness (QED) is 0.701. The predicted octanol–water partition coefficient (Wildman–Crippen LogP) is 1.14. The van der Waals surface area contributed by atoms with Crippen LogP contribution in [0, 0.1) is 0 Å². The molecular weight excluding hydrogens is 178 g/mol. The van der Waals surface area contributed by atoms with Crippen LogP contribution in [0.1, 0.15) is 24.3 Å². The molecule has 0 bridgehead atoms. The fourth-order valence-corrected chi connectivity index (χ4v) is 1.85. The molecule has 0 spiro atoms. The van der Waals surface area contributed by atoms with Gasteiger partial charge in [-0.15, -0.1) is 0 Å². The number of nitrogens with two attached hydrogens (primary N) is 2. The van der Waals surface area contributed by atoms with Crippen molar-refractivity contribution in [2.75, 3.05) is 24.7 Å². The second-order valence-electron chi connectivity index (χ2n) is 3.61. The first kappa shape index (κ1) is 9.27. The van der Waals surface area contributed by atoms with Gasteiger partial charge >= 0.3 is 0 Å². The van der Waals surface area contributed by atoms with E-state index < -0.39 is 0 Å². The Kier molecular flexibility index (Phi) is 2.54. The average molecular weight is 193 g/mol. The second kappa shape index (κ2) is 3.84. The lowest BCUT2D eigenvalue weighted by molar-refractivity contribution is 0.0806. The van der Waals surface area contributed by atoms with Crippen molar-refractivity contribution < 1.29 is 4.74 Å². The third-order valence-corrected chi connectivity index (χ3v) is 2.65. The molecule has 1 aliphatic heterocycles.